The summed E-state index contributed by atoms with van der Waals surface area (Å²) in [4.78, 5) is 13.1. The zero-order chi connectivity index (χ0) is 37.7. The van der Waals surface area contributed by atoms with Crippen LogP contribution in [0.25, 0.3) is 0 Å². The van der Waals surface area contributed by atoms with Gasteiger partial charge in [0.15, 0.2) is 0 Å². The molecule has 3 heteroatoms. The Bertz CT molecular complexity index is 1300. The highest BCUT2D eigenvalue weighted by atomic mass is 16.5. The summed E-state index contributed by atoms with van der Waals surface area (Å²) in [5, 5.41) is 13.3. The van der Waals surface area contributed by atoms with E-state index < -0.39 is 12.1 Å². The molecule has 1 aromatic rings. The summed E-state index contributed by atoms with van der Waals surface area (Å²) in [6.45, 7) is 48.5. The van der Waals surface area contributed by atoms with Crippen LogP contribution in [-0.2, 0) is 15.6 Å². The third kappa shape index (κ3) is 6.98. The average Bonchev–Trinajstić information content (AvgIpc) is 2.98. The molecule has 1 aliphatic carbocycles. The van der Waals surface area contributed by atoms with Gasteiger partial charge in [-0.05, 0) is 86.6 Å². The molecule has 1 fully saturated rings. The molecule has 1 N–H and O–H groups in total. The van der Waals surface area contributed by atoms with Crippen LogP contribution < -0.4 is 4.74 Å². The number of rotatable bonds is 12. The summed E-state index contributed by atoms with van der Waals surface area (Å²) in [7, 11) is 0. The summed E-state index contributed by atoms with van der Waals surface area (Å²) in [6, 6.07) is 4.62. The molecular weight excluding hydrogens is 588 g/mol. The van der Waals surface area contributed by atoms with Gasteiger partial charge < -0.3 is 9.84 Å². The second-order valence-electron chi connectivity index (χ2n) is 20.3. The molecule has 48 heavy (non-hydrogen) atoms. The minimum Gasteiger partial charge on any atom is -0.423 e. The van der Waals surface area contributed by atoms with Gasteiger partial charge in [0.1, 0.15) is 5.75 Å². The van der Waals surface area contributed by atoms with Gasteiger partial charge in [0.2, 0.25) is 0 Å². The number of carbonyl (C=O) groups is 1. The van der Waals surface area contributed by atoms with Gasteiger partial charge >= 0.3 is 5.97 Å². The van der Waals surface area contributed by atoms with Crippen LogP contribution >= 0.6 is 0 Å². The van der Waals surface area contributed by atoms with Crippen LogP contribution in [0.3, 0.4) is 0 Å². The first-order valence-electron chi connectivity index (χ1n) is 19.3. The van der Waals surface area contributed by atoms with E-state index in [2.05, 4.69) is 150 Å². The van der Waals surface area contributed by atoms with Crippen LogP contribution in [0.4, 0.5) is 0 Å². The molecule has 276 valence electrons. The van der Waals surface area contributed by atoms with Crippen molar-refractivity contribution in [1.82, 2.24) is 0 Å². The van der Waals surface area contributed by atoms with Crippen molar-refractivity contribution >= 4 is 5.97 Å². The number of aliphatic hydroxyl groups is 1. The lowest BCUT2D eigenvalue weighted by molar-refractivity contribution is -0.254. The van der Waals surface area contributed by atoms with Gasteiger partial charge in [0, 0.05) is 17.1 Å². The number of ether oxygens (including phenoxy) is 1. The maximum Gasteiger partial charge on any atom is 0.335 e. The topological polar surface area (TPSA) is 46.5 Å². The van der Waals surface area contributed by atoms with E-state index in [4.69, 9.17) is 4.74 Å². The van der Waals surface area contributed by atoms with Gasteiger partial charge in [0.25, 0.3) is 0 Å². The van der Waals surface area contributed by atoms with Crippen molar-refractivity contribution in [2.45, 2.75) is 193 Å². The Morgan fingerprint density at radius 2 is 1.33 bits per heavy atom. The number of carbonyl (C=O) groups excluding carboxylic acids is 1. The van der Waals surface area contributed by atoms with E-state index in [1.807, 2.05) is 0 Å². The van der Waals surface area contributed by atoms with Crippen molar-refractivity contribution in [2.24, 2.45) is 38.4 Å². The van der Waals surface area contributed by atoms with Crippen molar-refractivity contribution in [3.63, 3.8) is 0 Å². The summed E-state index contributed by atoms with van der Waals surface area (Å²) in [6.07, 6.45) is 6.52. The first kappa shape index (κ1) is 42.6. The number of aliphatic hydroxyl groups excluding tert-OH is 1. The molecule has 0 aliphatic heterocycles. The molecule has 0 amide bonds. The van der Waals surface area contributed by atoms with E-state index in [-0.39, 0.29) is 55.2 Å². The Balaban J connectivity index is 3.26. The smallest absolute Gasteiger partial charge is 0.335 e. The summed E-state index contributed by atoms with van der Waals surface area (Å²) < 4.78 is 6.34. The lowest BCUT2D eigenvalue weighted by Gasteiger charge is -2.71. The van der Waals surface area contributed by atoms with E-state index in [1.165, 1.54) is 11.6 Å². The fraction of sp³-hybridized carbons (Fsp3) is 0.800. The monoisotopic (exact) mass is 667 g/mol. The summed E-state index contributed by atoms with van der Waals surface area (Å²) in [5.41, 5.74) is 2.30. The molecule has 5 atom stereocenters. The minimum absolute atomic E-state index is 0.0171. The van der Waals surface area contributed by atoms with Crippen LogP contribution in [-0.4, -0.2) is 17.2 Å². The van der Waals surface area contributed by atoms with Crippen molar-refractivity contribution in [3.8, 4) is 5.75 Å². The van der Waals surface area contributed by atoms with Gasteiger partial charge in [0.05, 0.1) is 6.10 Å². The fourth-order valence-corrected chi connectivity index (χ4v) is 9.87. The lowest BCUT2D eigenvalue weighted by atomic mass is 9.34. The molecule has 1 aliphatic rings. The van der Waals surface area contributed by atoms with Crippen molar-refractivity contribution in [3.05, 3.63) is 41.5 Å². The van der Waals surface area contributed by atoms with Gasteiger partial charge in [-0.3, -0.25) is 0 Å². The van der Waals surface area contributed by atoms with Gasteiger partial charge in [-0.1, -0.05) is 163 Å². The number of hydrogen-bond donors (Lipinski definition) is 1. The highest BCUT2D eigenvalue weighted by molar-refractivity contribution is 5.84. The quantitative estimate of drug-likeness (QED) is 0.137. The van der Waals surface area contributed by atoms with Gasteiger partial charge in [-0.2, -0.15) is 0 Å². The zero-order valence-electron chi connectivity index (χ0n) is 35.2. The number of esters is 1. The van der Waals surface area contributed by atoms with Crippen LogP contribution in [0.2, 0.25) is 0 Å². The molecule has 2 rings (SSSR count). The van der Waals surface area contributed by atoms with Crippen LogP contribution in [0.5, 0.6) is 5.75 Å². The summed E-state index contributed by atoms with van der Waals surface area (Å²) >= 11 is 0. The van der Waals surface area contributed by atoms with Gasteiger partial charge in [-0.25, -0.2) is 4.79 Å². The zero-order valence-corrected chi connectivity index (χ0v) is 35.2. The maximum atomic E-state index is 13.3. The second-order valence-corrected chi connectivity index (χ2v) is 20.3. The van der Waals surface area contributed by atoms with Crippen molar-refractivity contribution < 1.29 is 14.6 Å². The minimum atomic E-state index is -0.556. The van der Waals surface area contributed by atoms with E-state index in [0.29, 0.717) is 5.75 Å². The van der Waals surface area contributed by atoms with Crippen LogP contribution in [0.1, 0.15) is 193 Å². The van der Waals surface area contributed by atoms with E-state index in [9.17, 15) is 9.90 Å². The predicted octanol–water partition coefficient (Wildman–Crippen LogP) is 13.0. The van der Waals surface area contributed by atoms with Crippen molar-refractivity contribution in [2.75, 3.05) is 0 Å². The average molecular weight is 667 g/mol. The normalized spacial score (nSPS) is 25.5. The largest absolute Gasteiger partial charge is 0.423 e. The molecule has 0 spiro atoms. The fourth-order valence-electron chi connectivity index (χ4n) is 9.87. The molecule has 3 nitrogen and oxygen atoms in total. The van der Waals surface area contributed by atoms with E-state index in [0.717, 1.165) is 49.7 Å². The molecule has 5 unspecified atom stereocenters. The Morgan fingerprint density at radius 3 is 1.73 bits per heavy atom. The van der Waals surface area contributed by atoms with Crippen LogP contribution in [0.15, 0.2) is 24.8 Å². The molecule has 0 saturated heterocycles. The van der Waals surface area contributed by atoms with E-state index in [1.54, 1.807) is 0 Å². The van der Waals surface area contributed by atoms with Gasteiger partial charge in [-0.15, -0.1) is 0 Å². The number of hydrogen-bond acceptors (Lipinski definition) is 3. The predicted molar refractivity (Wildman–Crippen MR) is 208 cm³/mol. The van der Waals surface area contributed by atoms with Crippen molar-refractivity contribution in [1.29, 1.82) is 0 Å². The first-order chi connectivity index (χ1) is 21.5. The highest BCUT2D eigenvalue weighted by Gasteiger charge is 2.69. The standard InChI is InChI=1S/C45H78O3/c1-21-35(46)48-36-32(26-31(40(13,14)22-2)27-34(36)41(15,16)23-3)30(6)33-28-44(38(7,8)9,42(17,18)24-4)29-45(37(33)47,39(10,11)12)43(19,20)25-5/h21,26-27,30,33,37,47H,1,22-25,28-29H2,2-20H3. The second kappa shape index (κ2) is 13.8. The third-order valence-electron chi connectivity index (χ3n) is 15.0. The Morgan fingerprint density at radius 1 is 0.833 bits per heavy atom. The maximum absolute atomic E-state index is 13.3. The molecule has 0 bridgehead atoms. The third-order valence-corrected chi connectivity index (χ3v) is 15.0. The molecule has 0 radical (unpaired) electrons. The molecule has 0 heterocycles. The first-order valence-corrected chi connectivity index (χ1v) is 19.3. The molecule has 1 aromatic carbocycles. The lowest BCUT2D eigenvalue weighted by Crippen LogP contribution is -2.67. The number of benzene rings is 1. The SMILES string of the molecule is C=CC(=O)Oc1c(C(C)C2CC(C(C)(C)C)(C(C)(C)CC)CC(C(C)(C)C)(C(C)(C)CC)C2O)cc(C(C)(C)CC)cc1C(C)(C)CC. The molecule has 0 aromatic heterocycles. The molecular formula is C45H78O3. The Hall–Kier alpha value is -1.61. The van der Waals surface area contributed by atoms with E-state index >= 15 is 0 Å². The Labute approximate surface area is 298 Å². The summed E-state index contributed by atoms with van der Waals surface area (Å²) in [5.74, 6) is 0.0961. The highest BCUT2D eigenvalue weighted by Crippen LogP contribution is 2.73. The Kier molecular flexibility index (Phi) is 12.3. The molecule has 1 saturated carbocycles. The van der Waals surface area contributed by atoms with Crippen LogP contribution in [0, 0.1) is 38.4 Å².